The van der Waals surface area contributed by atoms with E-state index in [-0.39, 0.29) is 6.10 Å². The van der Waals surface area contributed by atoms with Crippen LogP contribution in [0, 0.1) is 0 Å². The third-order valence-corrected chi connectivity index (χ3v) is 4.12. The lowest BCUT2D eigenvalue weighted by atomic mass is 9.96. The van der Waals surface area contributed by atoms with Crippen LogP contribution in [0.1, 0.15) is 0 Å². The first kappa shape index (κ1) is 14.2. The molecule has 2 heterocycles. The van der Waals surface area contributed by atoms with E-state index in [0.717, 1.165) is 11.5 Å². The van der Waals surface area contributed by atoms with E-state index in [1.165, 1.54) is 0 Å². The van der Waals surface area contributed by atoms with E-state index in [1.54, 1.807) is 7.11 Å². The molecule has 2 aliphatic rings. The predicted molar refractivity (Wildman–Crippen MR) is 83.5 cm³/mol. The van der Waals surface area contributed by atoms with Crippen LogP contribution in [0.5, 0.6) is 23.0 Å². The SMILES string of the molecule is COCC1(C2COc3ccccc3O2)COc2ccccc2O1. The van der Waals surface area contributed by atoms with Gasteiger partial charge in [-0.1, -0.05) is 24.3 Å². The summed E-state index contributed by atoms with van der Waals surface area (Å²) in [5.41, 5.74) is -0.753. The minimum Gasteiger partial charge on any atom is -0.486 e. The van der Waals surface area contributed by atoms with Crippen molar-refractivity contribution in [3.8, 4) is 23.0 Å². The van der Waals surface area contributed by atoms with Crippen LogP contribution in [0.2, 0.25) is 0 Å². The number of ether oxygens (including phenoxy) is 5. The molecule has 2 aromatic rings. The number of rotatable bonds is 3. The van der Waals surface area contributed by atoms with Crippen LogP contribution in [-0.4, -0.2) is 38.6 Å². The molecule has 2 atom stereocenters. The van der Waals surface area contributed by atoms with Gasteiger partial charge in [0.2, 0.25) is 5.60 Å². The van der Waals surface area contributed by atoms with Crippen molar-refractivity contribution < 1.29 is 23.7 Å². The molecule has 4 rings (SSSR count). The van der Waals surface area contributed by atoms with Crippen molar-refractivity contribution in [1.29, 1.82) is 0 Å². The molecule has 5 heteroatoms. The fourth-order valence-electron chi connectivity index (χ4n) is 2.95. The highest BCUT2D eigenvalue weighted by Crippen LogP contribution is 2.40. The molecule has 0 saturated carbocycles. The lowest BCUT2D eigenvalue weighted by Crippen LogP contribution is -2.62. The summed E-state index contributed by atoms with van der Waals surface area (Å²) >= 11 is 0. The summed E-state index contributed by atoms with van der Waals surface area (Å²) in [6.07, 6.45) is -0.328. The molecule has 0 spiro atoms. The third kappa shape index (κ3) is 2.47. The fraction of sp³-hybridized carbons (Fsp3) is 0.333. The Labute approximate surface area is 134 Å². The molecule has 0 radical (unpaired) electrons. The Morgan fingerprint density at radius 2 is 1.61 bits per heavy atom. The molecule has 2 aromatic carbocycles. The van der Waals surface area contributed by atoms with Gasteiger partial charge in [-0.25, -0.2) is 0 Å². The second-order valence-electron chi connectivity index (χ2n) is 5.70. The largest absolute Gasteiger partial charge is 0.486 e. The zero-order chi connectivity index (χ0) is 15.7. The van der Waals surface area contributed by atoms with Crippen LogP contribution in [0.4, 0.5) is 0 Å². The first-order valence-electron chi connectivity index (χ1n) is 7.59. The van der Waals surface area contributed by atoms with Gasteiger partial charge in [-0.05, 0) is 24.3 Å². The van der Waals surface area contributed by atoms with Gasteiger partial charge in [0.25, 0.3) is 0 Å². The minimum absolute atomic E-state index is 0.328. The highest BCUT2D eigenvalue weighted by atomic mass is 16.6. The summed E-state index contributed by atoms with van der Waals surface area (Å²) in [5.74, 6) is 2.88. The molecule has 0 amide bonds. The van der Waals surface area contributed by atoms with Gasteiger partial charge in [-0.3, -0.25) is 0 Å². The van der Waals surface area contributed by atoms with Crippen molar-refractivity contribution in [2.45, 2.75) is 11.7 Å². The molecular weight excluding hydrogens is 296 g/mol. The fourth-order valence-corrected chi connectivity index (χ4v) is 2.95. The lowest BCUT2D eigenvalue weighted by Gasteiger charge is -2.43. The molecule has 120 valence electrons. The Balaban J connectivity index is 1.64. The van der Waals surface area contributed by atoms with Crippen molar-refractivity contribution >= 4 is 0 Å². The molecule has 23 heavy (non-hydrogen) atoms. The van der Waals surface area contributed by atoms with Crippen LogP contribution in [0.15, 0.2) is 48.5 Å². The van der Waals surface area contributed by atoms with Crippen LogP contribution in [0.25, 0.3) is 0 Å². The topological polar surface area (TPSA) is 46.2 Å². The van der Waals surface area contributed by atoms with Crippen molar-refractivity contribution in [2.24, 2.45) is 0 Å². The van der Waals surface area contributed by atoms with Gasteiger partial charge in [0.1, 0.15) is 13.2 Å². The zero-order valence-corrected chi connectivity index (χ0v) is 12.9. The average Bonchev–Trinajstić information content (AvgIpc) is 2.61. The van der Waals surface area contributed by atoms with Crippen molar-refractivity contribution in [3.63, 3.8) is 0 Å². The van der Waals surface area contributed by atoms with E-state index >= 15 is 0 Å². The number of fused-ring (bicyclic) bond motifs is 2. The number of hydrogen-bond donors (Lipinski definition) is 0. The Morgan fingerprint density at radius 1 is 0.957 bits per heavy atom. The molecule has 2 unspecified atom stereocenters. The van der Waals surface area contributed by atoms with E-state index in [2.05, 4.69) is 0 Å². The summed E-state index contributed by atoms with van der Waals surface area (Å²) in [6.45, 7) is 1.07. The van der Waals surface area contributed by atoms with Crippen molar-refractivity contribution in [2.75, 3.05) is 26.9 Å². The number of methoxy groups -OCH3 is 1. The van der Waals surface area contributed by atoms with Gasteiger partial charge in [0, 0.05) is 7.11 Å². The van der Waals surface area contributed by atoms with Crippen LogP contribution in [0.3, 0.4) is 0 Å². The van der Waals surface area contributed by atoms with E-state index in [4.69, 9.17) is 23.7 Å². The first-order valence-corrected chi connectivity index (χ1v) is 7.59. The van der Waals surface area contributed by atoms with E-state index in [9.17, 15) is 0 Å². The van der Waals surface area contributed by atoms with E-state index < -0.39 is 5.60 Å². The van der Waals surface area contributed by atoms with E-state index in [1.807, 2.05) is 48.5 Å². The first-order chi connectivity index (χ1) is 11.3. The molecule has 0 fully saturated rings. The Hall–Kier alpha value is -2.40. The smallest absolute Gasteiger partial charge is 0.206 e. The van der Waals surface area contributed by atoms with Gasteiger partial charge in [0.05, 0.1) is 6.61 Å². The average molecular weight is 314 g/mol. The third-order valence-electron chi connectivity index (χ3n) is 4.12. The maximum absolute atomic E-state index is 6.26. The van der Waals surface area contributed by atoms with Gasteiger partial charge in [-0.15, -0.1) is 0 Å². The molecule has 0 aromatic heterocycles. The maximum Gasteiger partial charge on any atom is 0.206 e. The predicted octanol–water partition coefficient (Wildman–Crippen LogP) is 2.68. The molecule has 2 aliphatic heterocycles. The maximum atomic E-state index is 6.26. The molecule has 5 nitrogen and oxygen atoms in total. The highest BCUT2D eigenvalue weighted by molar-refractivity contribution is 5.43. The Morgan fingerprint density at radius 3 is 2.35 bits per heavy atom. The molecule has 0 saturated heterocycles. The summed E-state index contributed by atoms with van der Waals surface area (Å²) in [6, 6.07) is 15.2. The summed E-state index contributed by atoms with van der Waals surface area (Å²) in [7, 11) is 1.64. The molecule has 0 N–H and O–H groups in total. The van der Waals surface area contributed by atoms with Gasteiger partial charge >= 0.3 is 0 Å². The summed E-state index contributed by atoms with van der Waals surface area (Å²) in [4.78, 5) is 0. The van der Waals surface area contributed by atoms with Gasteiger partial charge in [0.15, 0.2) is 29.1 Å². The van der Waals surface area contributed by atoms with Gasteiger partial charge < -0.3 is 23.7 Å². The summed E-state index contributed by atoms with van der Waals surface area (Å²) < 4.78 is 29.5. The van der Waals surface area contributed by atoms with Crippen molar-refractivity contribution in [3.05, 3.63) is 48.5 Å². The Bertz CT molecular complexity index is 701. The Kier molecular flexibility index (Phi) is 3.50. The molecule has 0 aliphatic carbocycles. The van der Waals surface area contributed by atoms with Crippen LogP contribution in [-0.2, 0) is 4.74 Å². The lowest BCUT2D eigenvalue weighted by molar-refractivity contribution is -0.136. The monoisotopic (exact) mass is 314 g/mol. The number of para-hydroxylation sites is 4. The van der Waals surface area contributed by atoms with Crippen LogP contribution >= 0.6 is 0 Å². The molecular formula is C18H18O5. The number of hydrogen-bond acceptors (Lipinski definition) is 5. The van der Waals surface area contributed by atoms with Crippen molar-refractivity contribution in [1.82, 2.24) is 0 Å². The summed E-state index contributed by atoms with van der Waals surface area (Å²) in [5, 5.41) is 0. The van der Waals surface area contributed by atoms with Gasteiger partial charge in [-0.2, -0.15) is 0 Å². The number of benzene rings is 2. The van der Waals surface area contributed by atoms with Crippen LogP contribution < -0.4 is 18.9 Å². The highest BCUT2D eigenvalue weighted by Gasteiger charge is 2.49. The second kappa shape index (κ2) is 5.66. The molecule has 0 bridgehead atoms. The quantitative estimate of drug-likeness (QED) is 0.871. The minimum atomic E-state index is -0.753. The zero-order valence-electron chi connectivity index (χ0n) is 12.9. The second-order valence-corrected chi connectivity index (χ2v) is 5.70. The standard InChI is InChI=1S/C18H18O5/c1-19-11-18(12-21-14-7-3-5-9-16(14)23-18)17-10-20-13-6-2-4-8-15(13)22-17/h2-9,17H,10-12H2,1H3. The van der Waals surface area contributed by atoms with E-state index in [0.29, 0.717) is 31.3 Å². The normalized spacial score (nSPS) is 25.0.